The van der Waals surface area contributed by atoms with Crippen molar-refractivity contribution in [2.45, 2.75) is 71.4 Å². The summed E-state index contributed by atoms with van der Waals surface area (Å²) in [6.45, 7) is 13.1. The molecule has 0 spiro atoms. The summed E-state index contributed by atoms with van der Waals surface area (Å²) in [5.41, 5.74) is 6.92. The van der Waals surface area contributed by atoms with Crippen molar-refractivity contribution >= 4 is 0 Å². The van der Waals surface area contributed by atoms with E-state index < -0.39 is 0 Å². The molecule has 3 unspecified atom stereocenters. The van der Waals surface area contributed by atoms with Gasteiger partial charge in [0.25, 0.3) is 0 Å². The lowest BCUT2D eigenvalue weighted by Gasteiger charge is -2.46. The maximum Gasteiger partial charge on any atom is 0.0674 e. The van der Waals surface area contributed by atoms with Gasteiger partial charge in [-0.1, -0.05) is 27.2 Å². The lowest BCUT2D eigenvalue weighted by Crippen LogP contribution is -2.58. The van der Waals surface area contributed by atoms with Gasteiger partial charge in [-0.05, 0) is 43.9 Å². The van der Waals surface area contributed by atoms with E-state index in [2.05, 4.69) is 32.6 Å². The molecule has 1 saturated heterocycles. The smallest absolute Gasteiger partial charge is 0.0674 e. The summed E-state index contributed by atoms with van der Waals surface area (Å²) in [6, 6.07) is 0. The van der Waals surface area contributed by atoms with Crippen LogP contribution in [-0.2, 0) is 4.74 Å². The molecule has 0 aromatic rings. The molecule has 3 heteroatoms. The fraction of sp³-hybridized carbons (Fsp3) is 1.00. The van der Waals surface area contributed by atoms with Gasteiger partial charge in [-0.2, -0.15) is 0 Å². The van der Waals surface area contributed by atoms with E-state index in [1.54, 1.807) is 0 Å². The predicted octanol–water partition coefficient (Wildman–Crippen LogP) is 3.03. The summed E-state index contributed by atoms with van der Waals surface area (Å²) in [4.78, 5) is 2.65. The summed E-state index contributed by atoms with van der Waals surface area (Å²) in [5.74, 6) is 0.842. The Kier molecular flexibility index (Phi) is 5.14. The molecule has 1 saturated carbocycles. The molecule has 0 amide bonds. The van der Waals surface area contributed by atoms with Crippen molar-refractivity contribution in [1.29, 1.82) is 0 Å². The van der Waals surface area contributed by atoms with Crippen LogP contribution in [-0.4, -0.2) is 42.8 Å². The number of ether oxygens (including phenoxy) is 1. The minimum atomic E-state index is 0.234. The number of morpholine rings is 1. The van der Waals surface area contributed by atoms with Gasteiger partial charge in [-0.25, -0.2) is 0 Å². The van der Waals surface area contributed by atoms with Crippen LogP contribution in [0.4, 0.5) is 0 Å². The minimum absolute atomic E-state index is 0.234. The largest absolute Gasteiger partial charge is 0.376 e. The molecular formula is C17H34N2O. The maximum atomic E-state index is 6.26. The second kappa shape index (κ2) is 6.33. The van der Waals surface area contributed by atoms with Gasteiger partial charge in [-0.3, -0.25) is 4.90 Å². The van der Waals surface area contributed by atoms with Crippen molar-refractivity contribution in [3.8, 4) is 0 Å². The van der Waals surface area contributed by atoms with E-state index in [1.807, 2.05) is 0 Å². The summed E-state index contributed by atoms with van der Waals surface area (Å²) in [5, 5.41) is 0. The number of nitrogens with two attached hydrogens (primary N) is 1. The zero-order valence-corrected chi connectivity index (χ0v) is 14.0. The Hall–Kier alpha value is -0.120. The highest BCUT2D eigenvalue weighted by Gasteiger charge is 2.40. The third-order valence-corrected chi connectivity index (χ3v) is 5.67. The van der Waals surface area contributed by atoms with Crippen molar-refractivity contribution in [3.63, 3.8) is 0 Å². The number of hydrogen-bond donors (Lipinski definition) is 1. The minimum Gasteiger partial charge on any atom is -0.376 e. The highest BCUT2D eigenvalue weighted by Crippen LogP contribution is 2.41. The Morgan fingerprint density at radius 3 is 2.60 bits per heavy atom. The predicted molar refractivity (Wildman–Crippen MR) is 84.8 cm³/mol. The fourth-order valence-corrected chi connectivity index (χ4v) is 4.15. The number of rotatable bonds is 2. The number of hydrogen-bond acceptors (Lipinski definition) is 3. The molecule has 20 heavy (non-hydrogen) atoms. The Bertz CT molecular complexity index is 313. The SMILES string of the molecule is CC1CN(C2(CN)CCCC(C(C)(C)C)CC2)CCO1. The van der Waals surface area contributed by atoms with E-state index >= 15 is 0 Å². The molecule has 3 atom stereocenters. The Balaban J connectivity index is 2.07. The Morgan fingerprint density at radius 1 is 1.25 bits per heavy atom. The molecule has 2 N–H and O–H groups in total. The normalized spacial score (nSPS) is 37.6. The van der Waals surface area contributed by atoms with Crippen molar-refractivity contribution in [1.82, 2.24) is 4.90 Å². The Morgan fingerprint density at radius 2 is 2.00 bits per heavy atom. The molecule has 1 aliphatic heterocycles. The van der Waals surface area contributed by atoms with E-state index in [-0.39, 0.29) is 5.54 Å². The summed E-state index contributed by atoms with van der Waals surface area (Å²) in [7, 11) is 0. The molecule has 0 radical (unpaired) electrons. The summed E-state index contributed by atoms with van der Waals surface area (Å²) < 4.78 is 5.71. The van der Waals surface area contributed by atoms with Crippen LogP contribution in [0.3, 0.4) is 0 Å². The molecule has 2 aliphatic rings. The van der Waals surface area contributed by atoms with Crippen molar-refractivity contribution in [2.75, 3.05) is 26.2 Å². The van der Waals surface area contributed by atoms with Crippen molar-refractivity contribution < 1.29 is 4.74 Å². The van der Waals surface area contributed by atoms with Gasteiger partial charge in [0.15, 0.2) is 0 Å². The maximum absolute atomic E-state index is 6.26. The van der Waals surface area contributed by atoms with Gasteiger partial charge in [0.2, 0.25) is 0 Å². The molecule has 3 nitrogen and oxygen atoms in total. The molecule has 118 valence electrons. The topological polar surface area (TPSA) is 38.5 Å². The van der Waals surface area contributed by atoms with Crippen LogP contribution in [0.15, 0.2) is 0 Å². The Labute approximate surface area is 125 Å². The summed E-state index contributed by atoms with van der Waals surface area (Å²) >= 11 is 0. The zero-order chi connectivity index (χ0) is 14.8. The van der Waals surface area contributed by atoms with Crippen LogP contribution < -0.4 is 5.73 Å². The van der Waals surface area contributed by atoms with Gasteiger partial charge in [0.1, 0.15) is 0 Å². The standard InChI is InChI=1S/C17H34N2O/c1-14-12-19(10-11-20-14)17(13-18)8-5-6-15(7-9-17)16(2,3)4/h14-15H,5-13,18H2,1-4H3. The highest BCUT2D eigenvalue weighted by molar-refractivity contribution is 4.97. The van der Waals surface area contributed by atoms with Crippen LogP contribution in [0, 0.1) is 11.3 Å². The third kappa shape index (κ3) is 3.55. The second-order valence-corrected chi connectivity index (χ2v) is 8.05. The fourth-order valence-electron chi connectivity index (χ4n) is 4.15. The van der Waals surface area contributed by atoms with Crippen LogP contribution in [0.2, 0.25) is 0 Å². The average Bonchev–Trinajstić information content (AvgIpc) is 2.61. The van der Waals surface area contributed by atoms with Gasteiger partial charge in [0.05, 0.1) is 12.7 Å². The van der Waals surface area contributed by atoms with E-state index in [9.17, 15) is 0 Å². The lowest BCUT2D eigenvalue weighted by atomic mass is 9.76. The van der Waals surface area contributed by atoms with Gasteiger partial charge >= 0.3 is 0 Å². The van der Waals surface area contributed by atoms with Crippen molar-refractivity contribution in [2.24, 2.45) is 17.1 Å². The van der Waals surface area contributed by atoms with E-state index in [0.717, 1.165) is 32.2 Å². The first-order valence-electron chi connectivity index (χ1n) is 8.44. The van der Waals surface area contributed by atoms with Crippen LogP contribution in [0.25, 0.3) is 0 Å². The average molecular weight is 282 g/mol. The first kappa shape index (κ1) is 16.3. The summed E-state index contributed by atoms with van der Waals surface area (Å²) in [6.07, 6.45) is 6.90. The molecule has 2 rings (SSSR count). The molecule has 0 aromatic carbocycles. The van der Waals surface area contributed by atoms with Crippen molar-refractivity contribution in [3.05, 3.63) is 0 Å². The molecule has 0 aromatic heterocycles. The third-order valence-electron chi connectivity index (χ3n) is 5.67. The van der Waals surface area contributed by atoms with E-state index in [4.69, 9.17) is 10.5 Å². The molecule has 2 fully saturated rings. The zero-order valence-electron chi connectivity index (χ0n) is 14.0. The quantitative estimate of drug-likeness (QED) is 0.791. The number of nitrogens with zero attached hydrogens (tertiary/aromatic N) is 1. The first-order chi connectivity index (χ1) is 9.37. The molecule has 1 heterocycles. The van der Waals surface area contributed by atoms with Crippen LogP contribution in [0.1, 0.15) is 59.8 Å². The van der Waals surface area contributed by atoms with Gasteiger partial charge < -0.3 is 10.5 Å². The van der Waals surface area contributed by atoms with Crippen LogP contribution in [0.5, 0.6) is 0 Å². The van der Waals surface area contributed by atoms with Crippen LogP contribution >= 0.6 is 0 Å². The lowest BCUT2D eigenvalue weighted by molar-refractivity contribution is -0.0653. The highest BCUT2D eigenvalue weighted by atomic mass is 16.5. The van der Waals surface area contributed by atoms with Gasteiger partial charge in [0, 0.05) is 25.2 Å². The molecule has 0 bridgehead atoms. The molecule has 1 aliphatic carbocycles. The first-order valence-corrected chi connectivity index (χ1v) is 8.44. The van der Waals surface area contributed by atoms with E-state index in [1.165, 1.54) is 32.1 Å². The molecular weight excluding hydrogens is 248 g/mol. The second-order valence-electron chi connectivity index (χ2n) is 8.05. The van der Waals surface area contributed by atoms with E-state index in [0.29, 0.717) is 11.5 Å². The van der Waals surface area contributed by atoms with Gasteiger partial charge in [-0.15, -0.1) is 0 Å². The monoisotopic (exact) mass is 282 g/mol.